The molecule has 0 aromatic rings. The van der Waals surface area contributed by atoms with Crippen LogP contribution in [0, 0.1) is 0 Å². The molecule has 0 spiro atoms. The quantitative estimate of drug-likeness (QED) is 0.640. The van der Waals surface area contributed by atoms with Crippen LogP contribution in [0.3, 0.4) is 0 Å². The van der Waals surface area contributed by atoms with E-state index < -0.39 is 18.1 Å². The van der Waals surface area contributed by atoms with Crippen molar-refractivity contribution < 1.29 is 19.1 Å². The number of amides is 1. The minimum atomic E-state index is -0.650. The summed E-state index contributed by atoms with van der Waals surface area (Å²) in [5.74, 6) is -0.712. The normalized spacial score (nSPS) is 25.4. The monoisotopic (exact) mass is 244 g/mol. The maximum Gasteiger partial charge on any atom is 0.328 e. The summed E-state index contributed by atoms with van der Waals surface area (Å²) in [6.07, 6.45) is 0.870. The van der Waals surface area contributed by atoms with Crippen LogP contribution in [-0.2, 0) is 19.1 Å². The zero-order valence-electron chi connectivity index (χ0n) is 10.3. The van der Waals surface area contributed by atoms with Gasteiger partial charge in [-0.2, -0.15) is 0 Å². The molecule has 3 unspecified atom stereocenters. The van der Waals surface area contributed by atoms with Gasteiger partial charge in [0.15, 0.2) is 0 Å². The van der Waals surface area contributed by atoms with E-state index in [1.165, 1.54) is 0 Å². The molecule has 0 saturated carbocycles. The third-order valence-corrected chi connectivity index (χ3v) is 2.66. The predicted molar refractivity (Wildman–Crippen MR) is 61.2 cm³/mol. The fourth-order valence-electron chi connectivity index (χ4n) is 1.70. The van der Waals surface area contributed by atoms with Crippen molar-refractivity contribution in [2.75, 3.05) is 13.2 Å². The summed E-state index contributed by atoms with van der Waals surface area (Å²) < 4.78 is 10.2. The van der Waals surface area contributed by atoms with Crippen LogP contribution in [0.4, 0.5) is 0 Å². The minimum Gasteiger partial charge on any atom is -0.464 e. The minimum absolute atomic E-state index is 0.0522. The Kier molecular flexibility index (Phi) is 5.37. The second kappa shape index (κ2) is 6.56. The average Bonchev–Trinajstić information content (AvgIpc) is 2.77. The molecule has 6 nitrogen and oxygen atoms in total. The molecule has 1 aliphatic heterocycles. The van der Waals surface area contributed by atoms with Gasteiger partial charge in [-0.3, -0.25) is 4.79 Å². The van der Waals surface area contributed by atoms with E-state index in [2.05, 4.69) is 5.32 Å². The lowest BCUT2D eigenvalue weighted by Crippen LogP contribution is -2.44. The van der Waals surface area contributed by atoms with E-state index >= 15 is 0 Å². The van der Waals surface area contributed by atoms with E-state index in [-0.39, 0.29) is 12.0 Å². The fourth-order valence-corrected chi connectivity index (χ4v) is 1.70. The molecular formula is C11H20N2O4. The van der Waals surface area contributed by atoms with Crippen LogP contribution in [0.15, 0.2) is 0 Å². The van der Waals surface area contributed by atoms with Crippen molar-refractivity contribution in [1.29, 1.82) is 0 Å². The molecule has 98 valence electrons. The molecule has 1 rings (SSSR count). The Morgan fingerprint density at radius 2 is 2.24 bits per heavy atom. The average molecular weight is 244 g/mol. The zero-order chi connectivity index (χ0) is 12.8. The van der Waals surface area contributed by atoms with Crippen molar-refractivity contribution in [1.82, 2.24) is 5.32 Å². The molecule has 0 radical (unpaired) electrons. The molecule has 17 heavy (non-hydrogen) atoms. The van der Waals surface area contributed by atoms with Gasteiger partial charge < -0.3 is 20.5 Å². The molecule has 0 bridgehead atoms. The van der Waals surface area contributed by atoms with Crippen LogP contribution in [0.1, 0.15) is 26.7 Å². The van der Waals surface area contributed by atoms with E-state index in [1.54, 1.807) is 13.8 Å². The van der Waals surface area contributed by atoms with Gasteiger partial charge in [-0.15, -0.1) is 0 Å². The maximum atomic E-state index is 11.7. The van der Waals surface area contributed by atoms with Gasteiger partial charge >= 0.3 is 5.97 Å². The second-order valence-corrected chi connectivity index (χ2v) is 4.04. The molecule has 6 heteroatoms. The number of carbonyl (C=O) groups is 2. The first-order chi connectivity index (χ1) is 8.08. The van der Waals surface area contributed by atoms with Crippen molar-refractivity contribution in [3.8, 4) is 0 Å². The highest BCUT2D eigenvalue weighted by Crippen LogP contribution is 2.18. The SMILES string of the molecule is CCOC(=O)C(C)NC(=O)C1CCC(CN)O1. The highest BCUT2D eigenvalue weighted by atomic mass is 16.5. The molecule has 3 N–H and O–H groups in total. The van der Waals surface area contributed by atoms with Crippen LogP contribution in [0.5, 0.6) is 0 Å². The highest BCUT2D eigenvalue weighted by Gasteiger charge is 2.31. The number of rotatable bonds is 5. The summed E-state index contributed by atoms with van der Waals surface area (Å²) in [5.41, 5.74) is 5.45. The van der Waals surface area contributed by atoms with Crippen LogP contribution >= 0.6 is 0 Å². The van der Waals surface area contributed by atoms with E-state index in [0.29, 0.717) is 19.6 Å². The van der Waals surface area contributed by atoms with E-state index in [9.17, 15) is 9.59 Å². The summed E-state index contributed by atoms with van der Waals surface area (Å²) in [6, 6.07) is -0.650. The summed E-state index contributed by atoms with van der Waals surface area (Å²) in [4.78, 5) is 23.1. The van der Waals surface area contributed by atoms with Gasteiger partial charge in [0.1, 0.15) is 12.1 Å². The zero-order valence-corrected chi connectivity index (χ0v) is 10.3. The van der Waals surface area contributed by atoms with Crippen molar-refractivity contribution in [3.05, 3.63) is 0 Å². The third kappa shape index (κ3) is 3.98. The Morgan fingerprint density at radius 1 is 1.53 bits per heavy atom. The summed E-state index contributed by atoms with van der Waals surface area (Å²) in [7, 11) is 0. The number of ether oxygens (including phenoxy) is 2. The largest absolute Gasteiger partial charge is 0.464 e. The van der Waals surface area contributed by atoms with E-state index in [0.717, 1.165) is 6.42 Å². The number of hydrogen-bond donors (Lipinski definition) is 2. The second-order valence-electron chi connectivity index (χ2n) is 4.04. The number of hydrogen-bond acceptors (Lipinski definition) is 5. The molecular weight excluding hydrogens is 224 g/mol. The van der Waals surface area contributed by atoms with Gasteiger partial charge in [0.2, 0.25) is 5.91 Å². The van der Waals surface area contributed by atoms with E-state index in [1.807, 2.05) is 0 Å². The van der Waals surface area contributed by atoms with Crippen LogP contribution in [-0.4, -0.2) is 43.3 Å². The van der Waals surface area contributed by atoms with Gasteiger partial charge in [-0.25, -0.2) is 4.79 Å². The molecule has 3 atom stereocenters. The molecule has 0 aromatic heterocycles. The standard InChI is InChI=1S/C11H20N2O4/c1-3-16-11(15)7(2)13-10(14)9-5-4-8(6-12)17-9/h7-9H,3-6,12H2,1-2H3,(H,13,14). The topological polar surface area (TPSA) is 90.7 Å². The van der Waals surface area contributed by atoms with E-state index in [4.69, 9.17) is 15.2 Å². The van der Waals surface area contributed by atoms with Crippen LogP contribution in [0.25, 0.3) is 0 Å². The van der Waals surface area contributed by atoms with Gasteiger partial charge in [-0.1, -0.05) is 0 Å². The Balaban J connectivity index is 2.36. The van der Waals surface area contributed by atoms with Gasteiger partial charge in [0.25, 0.3) is 0 Å². The summed E-state index contributed by atoms with van der Waals surface area (Å²) in [6.45, 7) is 4.02. The summed E-state index contributed by atoms with van der Waals surface area (Å²) >= 11 is 0. The lowest BCUT2D eigenvalue weighted by atomic mass is 10.2. The number of nitrogens with one attached hydrogen (secondary N) is 1. The van der Waals surface area contributed by atoms with Crippen molar-refractivity contribution in [2.45, 2.75) is 44.9 Å². The lowest BCUT2D eigenvalue weighted by Gasteiger charge is -2.16. The Morgan fingerprint density at radius 3 is 2.76 bits per heavy atom. The number of esters is 1. The molecule has 1 amide bonds. The maximum absolute atomic E-state index is 11.7. The van der Waals surface area contributed by atoms with Gasteiger partial charge in [0, 0.05) is 6.54 Å². The number of carbonyl (C=O) groups excluding carboxylic acids is 2. The Bertz CT molecular complexity index is 283. The predicted octanol–water partition coefficient (Wildman–Crippen LogP) is -0.439. The Labute approximate surface area is 101 Å². The van der Waals surface area contributed by atoms with Crippen molar-refractivity contribution >= 4 is 11.9 Å². The smallest absolute Gasteiger partial charge is 0.328 e. The molecule has 1 aliphatic rings. The van der Waals surface area contributed by atoms with Crippen molar-refractivity contribution in [2.24, 2.45) is 5.73 Å². The number of nitrogens with two attached hydrogens (primary N) is 1. The highest BCUT2D eigenvalue weighted by molar-refractivity contribution is 5.86. The first kappa shape index (κ1) is 13.9. The van der Waals surface area contributed by atoms with Crippen LogP contribution < -0.4 is 11.1 Å². The van der Waals surface area contributed by atoms with Crippen LogP contribution in [0.2, 0.25) is 0 Å². The molecule has 0 aromatic carbocycles. The van der Waals surface area contributed by atoms with Gasteiger partial charge in [-0.05, 0) is 26.7 Å². The first-order valence-corrected chi connectivity index (χ1v) is 5.91. The fraction of sp³-hybridized carbons (Fsp3) is 0.818. The Hall–Kier alpha value is -1.14. The molecule has 0 aliphatic carbocycles. The van der Waals surface area contributed by atoms with Gasteiger partial charge in [0.05, 0.1) is 12.7 Å². The molecule has 1 saturated heterocycles. The third-order valence-electron chi connectivity index (χ3n) is 2.66. The first-order valence-electron chi connectivity index (χ1n) is 5.91. The van der Waals surface area contributed by atoms with Crippen molar-refractivity contribution in [3.63, 3.8) is 0 Å². The lowest BCUT2D eigenvalue weighted by molar-refractivity contribution is -0.148. The molecule has 1 heterocycles. The molecule has 1 fully saturated rings. The summed E-state index contributed by atoms with van der Waals surface area (Å²) in [5, 5.41) is 2.57.